The van der Waals surface area contributed by atoms with Gasteiger partial charge in [-0.05, 0) is 29.9 Å². The third-order valence-electron chi connectivity index (χ3n) is 2.60. The number of nitrogens with one attached hydrogen (secondary N) is 1. The fourth-order valence-electron chi connectivity index (χ4n) is 1.81. The summed E-state index contributed by atoms with van der Waals surface area (Å²) in [7, 11) is 0. The number of benzene rings is 1. The van der Waals surface area contributed by atoms with Gasteiger partial charge in [0.25, 0.3) is 0 Å². The lowest BCUT2D eigenvalue weighted by atomic mass is 10.1. The molecule has 1 aromatic heterocycles. The third kappa shape index (κ3) is 1.50. The zero-order valence-electron chi connectivity index (χ0n) is 8.27. The summed E-state index contributed by atoms with van der Waals surface area (Å²) >= 11 is 11.2. The van der Waals surface area contributed by atoms with Crippen LogP contribution in [0.3, 0.4) is 0 Å². The highest BCUT2D eigenvalue weighted by Gasteiger charge is 2.16. The van der Waals surface area contributed by atoms with Crippen LogP contribution in [0.15, 0.2) is 30.6 Å². The molecule has 0 atom stereocenters. The minimum atomic E-state index is 0.633. The molecule has 3 nitrogen and oxygen atoms in total. The van der Waals surface area contributed by atoms with Crippen LogP contribution in [-0.4, -0.2) is 14.7 Å². The van der Waals surface area contributed by atoms with Crippen molar-refractivity contribution in [1.29, 1.82) is 0 Å². The summed E-state index contributed by atoms with van der Waals surface area (Å²) in [6.45, 7) is 0. The fourth-order valence-corrected chi connectivity index (χ4v) is 2.26. The number of hydrogen-bond donors (Lipinski definition) is 1. The van der Waals surface area contributed by atoms with E-state index in [1.54, 1.807) is 6.20 Å². The quantitative estimate of drug-likeness (QED) is 0.728. The molecule has 0 saturated heterocycles. The number of hydrogen-bond acceptors (Lipinski definition) is 2. The molecule has 2 heterocycles. The molecule has 1 N–H and O–H groups in total. The van der Waals surface area contributed by atoms with Crippen molar-refractivity contribution in [3.63, 3.8) is 0 Å². The van der Waals surface area contributed by atoms with E-state index in [0.29, 0.717) is 10.1 Å². The van der Waals surface area contributed by atoms with Crippen LogP contribution in [0, 0.1) is 0 Å². The number of imidazole rings is 1. The van der Waals surface area contributed by atoms with Gasteiger partial charge < -0.3 is 5.32 Å². The van der Waals surface area contributed by atoms with Gasteiger partial charge in [-0.15, -0.1) is 0 Å². The number of aromatic nitrogens is 2. The minimum absolute atomic E-state index is 0.633. The molecule has 16 heavy (non-hydrogen) atoms. The Hall–Kier alpha value is -1.39. The molecule has 0 spiro atoms. The average molecular weight is 250 g/mol. The number of nitrogens with zero attached hydrogens (tertiary/aromatic N) is 2. The number of thiocarbonyl (C=S) groups is 1. The van der Waals surface area contributed by atoms with Crippen molar-refractivity contribution in [1.82, 2.24) is 9.55 Å². The first-order valence-electron chi connectivity index (χ1n) is 4.86. The molecule has 0 unspecified atom stereocenters. The Morgan fingerprint density at radius 2 is 2.31 bits per heavy atom. The molecular weight excluding hydrogens is 242 g/mol. The molecule has 2 aromatic rings. The van der Waals surface area contributed by atoms with E-state index in [1.807, 2.05) is 29.0 Å². The first kappa shape index (κ1) is 9.81. The van der Waals surface area contributed by atoms with Crippen LogP contribution in [0.25, 0.3) is 0 Å². The maximum Gasteiger partial charge on any atom is 0.183 e. The normalized spacial score (nSPS) is 13.7. The molecule has 5 heteroatoms. The van der Waals surface area contributed by atoms with Crippen LogP contribution in [0.5, 0.6) is 0 Å². The Bertz CT molecular complexity index is 576. The molecule has 0 amide bonds. The number of anilines is 1. The lowest BCUT2D eigenvalue weighted by molar-refractivity contribution is 0.973. The van der Waals surface area contributed by atoms with E-state index in [2.05, 4.69) is 10.3 Å². The van der Waals surface area contributed by atoms with Gasteiger partial charge in [-0.2, -0.15) is 0 Å². The zero-order valence-corrected chi connectivity index (χ0v) is 9.85. The first-order chi connectivity index (χ1) is 7.74. The smallest absolute Gasteiger partial charge is 0.183 e. The van der Waals surface area contributed by atoms with E-state index in [-0.39, 0.29) is 0 Å². The van der Waals surface area contributed by atoms with Crippen molar-refractivity contribution >= 4 is 34.6 Å². The molecule has 3 rings (SSSR count). The molecule has 0 fully saturated rings. The monoisotopic (exact) mass is 249 g/mol. The lowest BCUT2D eigenvalue weighted by Gasteiger charge is -2.08. The van der Waals surface area contributed by atoms with E-state index < -0.39 is 0 Å². The predicted molar refractivity (Wildman–Crippen MR) is 68.1 cm³/mol. The van der Waals surface area contributed by atoms with Gasteiger partial charge in [-0.1, -0.05) is 17.7 Å². The van der Waals surface area contributed by atoms with Crippen molar-refractivity contribution in [3.8, 4) is 0 Å². The maximum atomic E-state index is 5.96. The number of halogens is 1. The van der Waals surface area contributed by atoms with Gasteiger partial charge in [-0.3, -0.25) is 4.57 Å². The van der Waals surface area contributed by atoms with Gasteiger partial charge in [-0.25, -0.2) is 4.98 Å². The second-order valence-corrected chi connectivity index (χ2v) is 4.45. The molecule has 0 aliphatic carbocycles. The van der Waals surface area contributed by atoms with Crippen molar-refractivity contribution in [3.05, 3.63) is 47.0 Å². The number of rotatable bonds is 0. The van der Waals surface area contributed by atoms with Crippen LogP contribution in [0.2, 0.25) is 5.02 Å². The summed E-state index contributed by atoms with van der Waals surface area (Å²) in [5, 5.41) is 4.51. The summed E-state index contributed by atoms with van der Waals surface area (Å²) in [4.78, 5) is 4.29. The second-order valence-electron chi connectivity index (χ2n) is 3.62. The summed E-state index contributed by atoms with van der Waals surface area (Å²) in [6, 6.07) is 5.76. The van der Waals surface area contributed by atoms with Crippen LogP contribution in [0.4, 0.5) is 5.69 Å². The molecule has 1 aromatic carbocycles. The highest BCUT2D eigenvalue weighted by Crippen LogP contribution is 2.25. The van der Waals surface area contributed by atoms with E-state index in [0.717, 1.165) is 23.5 Å². The van der Waals surface area contributed by atoms with Crippen molar-refractivity contribution in [2.45, 2.75) is 6.42 Å². The minimum Gasteiger partial charge on any atom is -0.332 e. The van der Waals surface area contributed by atoms with Crippen LogP contribution < -0.4 is 5.32 Å². The van der Waals surface area contributed by atoms with E-state index in [9.17, 15) is 0 Å². The van der Waals surface area contributed by atoms with Gasteiger partial charge in [0.15, 0.2) is 5.11 Å². The van der Waals surface area contributed by atoms with Gasteiger partial charge >= 0.3 is 0 Å². The predicted octanol–water partition coefficient (Wildman–Crippen LogP) is 2.69. The number of fused-ring (bicyclic) bond motifs is 2. The summed E-state index contributed by atoms with van der Waals surface area (Å²) < 4.78 is 1.88. The fraction of sp³-hybridized carbons (Fsp3) is 0.0909. The highest BCUT2D eigenvalue weighted by atomic mass is 35.5. The maximum absolute atomic E-state index is 5.96. The molecular formula is C11H8ClN3S. The Kier molecular flexibility index (Phi) is 2.19. The molecule has 1 aliphatic heterocycles. The van der Waals surface area contributed by atoms with Gasteiger partial charge in [0.1, 0.15) is 5.82 Å². The van der Waals surface area contributed by atoms with Crippen LogP contribution in [-0.2, 0) is 6.42 Å². The topological polar surface area (TPSA) is 29.9 Å². The van der Waals surface area contributed by atoms with E-state index in [1.165, 1.54) is 0 Å². The van der Waals surface area contributed by atoms with Gasteiger partial charge in [0.2, 0.25) is 0 Å². The Labute approximate surface area is 103 Å². The van der Waals surface area contributed by atoms with Crippen molar-refractivity contribution in [2.24, 2.45) is 0 Å². The van der Waals surface area contributed by atoms with Gasteiger partial charge in [0, 0.05) is 29.5 Å². The van der Waals surface area contributed by atoms with Crippen molar-refractivity contribution < 1.29 is 0 Å². The summed E-state index contributed by atoms with van der Waals surface area (Å²) in [5.41, 5.74) is 2.11. The Balaban J connectivity index is 2.16. The van der Waals surface area contributed by atoms with E-state index >= 15 is 0 Å². The van der Waals surface area contributed by atoms with Crippen LogP contribution >= 0.6 is 23.8 Å². The largest absolute Gasteiger partial charge is 0.332 e. The average Bonchev–Trinajstić information content (AvgIpc) is 2.65. The molecule has 0 radical (unpaired) electrons. The molecule has 1 aliphatic rings. The first-order valence-corrected chi connectivity index (χ1v) is 5.65. The standard InChI is InChI=1S/C11H8ClN3S/c12-8-2-1-7-5-10-13-3-4-15(10)11(16)14-9(7)6-8/h1-4,6H,5H2,(H,14,16). The molecule has 0 bridgehead atoms. The highest BCUT2D eigenvalue weighted by molar-refractivity contribution is 7.80. The molecule has 0 saturated carbocycles. The van der Waals surface area contributed by atoms with E-state index in [4.69, 9.17) is 23.8 Å². The Morgan fingerprint density at radius 1 is 1.44 bits per heavy atom. The zero-order chi connectivity index (χ0) is 11.1. The summed E-state index contributed by atoms with van der Waals surface area (Å²) in [6.07, 6.45) is 4.37. The van der Waals surface area contributed by atoms with Crippen molar-refractivity contribution in [2.75, 3.05) is 5.32 Å². The SMILES string of the molecule is S=C1Nc2cc(Cl)ccc2Cc2nccn21. The molecule has 80 valence electrons. The third-order valence-corrected chi connectivity index (χ3v) is 3.13. The van der Waals surface area contributed by atoms with Crippen LogP contribution in [0.1, 0.15) is 11.4 Å². The van der Waals surface area contributed by atoms with Gasteiger partial charge in [0.05, 0.1) is 0 Å². The Morgan fingerprint density at radius 3 is 3.19 bits per heavy atom. The lowest BCUT2D eigenvalue weighted by Crippen LogP contribution is -2.18. The summed E-state index contributed by atoms with van der Waals surface area (Å²) in [5.74, 6) is 0.943. The second kappa shape index (κ2) is 3.57.